The molecule has 0 spiro atoms. The van der Waals surface area contributed by atoms with Gasteiger partial charge in [0.15, 0.2) is 0 Å². The number of hydrogen-bond acceptors (Lipinski definition) is 1. The van der Waals surface area contributed by atoms with Crippen molar-refractivity contribution >= 4 is 10.9 Å². The summed E-state index contributed by atoms with van der Waals surface area (Å²) in [6.45, 7) is 3.09. The summed E-state index contributed by atoms with van der Waals surface area (Å²) in [7, 11) is 2.24. The number of aromatic nitrogens is 1. The maximum Gasteiger partial charge on any atom is 0.123 e. The van der Waals surface area contributed by atoms with Gasteiger partial charge in [0.2, 0.25) is 0 Å². The zero-order valence-electron chi connectivity index (χ0n) is 15.5. The molecular weight excluding hydrogens is 323 g/mol. The first-order valence-corrected chi connectivity index (χ1v) is 9.70. The first-order valence-electron chi connectivity index (χ1n) is 9.70. The number of fused-ring (bicyclic) bond motifs is 6. The zero-order chi connectivity index (χ0) is 17.8. The van der Waals surface area contributed by atoms with Gasteiger partial charge in [0, 0.05) is 41.6 Å². The first kappa shape index (κ1) is 16.1. The molecule has 5 rings (SSSR count). The Hall–Kier alpha value is -2.13. The van der Waals surface area contributed by atoms with Crippen LogP contribution in [-0.2, 0) is 19.4 Å². The summed E-state index contributed by atoms with van der Waals surface area (Å²) in [5, 5.41) is 1.13. The maximum absolute atomic E-state index is 14.0. The average molecular weight is 348 g/mol. The molecule has 1 fully saturated rings. The van der Waals surface area contributed by atoms with Crippen molar-refractivity contribution in [1.29, 1.82) is 0 Å². The number of benzene rings is 2. The van der Waals surface area contributed by atoms with Crippen molar-refractivity contribution in [3.05, 3.63) is 70.7 Å². The Kier molecular flexibility index (Phi) is 3.68. The van der Waals surface area contributed by atoms with Gasteiger partial charge < -0.3 is 4.57 Å². The van der Waals surface area contributed by atoms with Crippen LogP contribution in [0.1, 0.15) is 41.3 Å². The van der Waals surface area contributed by atoms with Crippen LogP contribution in [0.25, 0.3) is 10.9 Å². The molecule has 2 aromatic carbocycles. The Bertz CT molecular complexity index is 970. The summed E-state index contributed by atoms with van der Waals surface area (Å²) in [4.78, 5) is 2.51. The average Bonchev–Trinajstić information content (AvgIpc) is 3.04. The Morgan fingerprint density at radius 1 is 1.08 bits per heavy atom. The van der Waals surface area contributed by atoms with Crippen LogP contribution in [0.4, 0.5) is 4.39 Å². The third kappa shape index (κ3) is 2.41. The van der Waals surface area contributed by atoms with E-state index in [1.54, 1.807) is 12.1 Å². The van der Waals surface area contributed by atoms with E-state index >= 15 is 0 Å². The number of nitrogens with zero attached hydrogens (tertiary/aromatic N) is 2. The second kappa shape index (κ2) is 5.95. The van der Waals surface area contributed by atoms with E-state index in [2.05, 4.69) is 47.7 Å². The van der Waals surface area contributed by atoms with Crippen LogP contribution in [0.5, 0.6) is 0 Å². The van der Waals surface area contributed by atoms with Crippen LogP contribution in [0, 0.1) is 12.7 Å². The van der Waals surface area contributed by atoms with Gasteiger partial charge >= 0.3 is 0 Å². The molecule has 0 aliphatic carbocycles. The minimum absolute atomic E-state index is 0.126. The van der Waals surface area contributed by atoms with E-state index in [1.165, 1.54) is 40.7 Å². The second-order valence-electron chi connectivity index (χ2n) is 8.03. The van der Waals surface area contributed by atoms with Crippen molar-refractivity contribution in [2.45, 2.75) is 51.2 Å². The van der Waals surface area contributed by atoms with Gasteiger partial charge in [-0.25, -0.2) is 4.39 Å². The van der Waals surface area contributed by atoms with Crippen LogP contribution in [0.3, 0.4) is 0 Å². The Balaban J connectivity index is 1.59. The molecule has 2 unspecified atom stereocenters. The Labute approximate surface area is 154 Å². The minimum Gasteiger partial charge on any atom is -0.344 e. The normalized spacial score (nSPS) is 22.1. The number of halogens is 1. The lowest BCUT2D eigenvalue weighted by Crippen LogP contribution is -2.34. The van der Waals surface area contributed by atoms with Gasteiger partial charge in [-0.3, -0.25) is 4.90 Å². The largest absolute Gasteiger partial charge is 0.344 e. The summed E-state index contributed by atoms with van der Waals surface area (Å²) in [6, 6.07) is 15.3. The fourth-order valence-corrected chi connectivity index (χ4v) is 5.08. The van der Waals surface area contributed by atoms with Crippen LogP contribution < -0.4 is 0 Å². The van der Waals surface area contributed by atoms with Crippen molar-refractivity contribution < 1.29 is 4.39 Å². The number of hydrogen-bond donors (Lipinski definition) is 0. The molecule has 0 radical (unpaired) electrons. The topological polar surface area (TPSA) is 8.17 Å². The number of likely N-dealkylation sites (N-methyl/N-ethyl adjacent to an activating group) is 1. The van der Waals surface area contributed by atoms with Crippen molar-refractivity contribution in [1.82, 2.24) is 9.47 Å². The summed E-state index contributed by atoms with van der Waals surface area (Å²) >= 11 is 0. The molecule has 2 atom stereocenters. The molecule has 26 heavy (non-hydrogen) atoms. The second-order valence-corrected chi connectivity index (χ2v) is 8.03. The van der Waals surface area contributed by atoms with Gasteiger partial charge in [0.25, 0.3) is 0 Å². The fourth-order valence-electron chi connectivity index (χ4n) is 5.08. The summed E-state index contributed by atoms with van der Waals surface area (Å²) < 4.78 is 16.5. The molecule has 0 saturated carbocycles. The zero-order valence-corrected chi connectivity index (χ0v) is 15.5. The Morgan fingerprint density at radius 3 is 2.69 bits per heavy atom. The standard InChI is InChI=1S/C23H25FN2/c1-15-3-5-16(6-4-15)11-12-26-20-9-7-17(24)13-19(20)23-21-10-8-18(25(21)2)14-22(23)26/h3-7,9,13,18,21H,8,10-12,14H2,1-2H3. The van der Waals surface area contributed by atoms with Crippen molar-refractivity contribution in [3.8, 4) is 0 Å². The summed E-state index contributed by atoms with van der Waals surface area (Å²) in [5.74, 6) is -0.126. The van der Waals surface area contributed by atoms with Gasteiger partial charge in [-0.2, -0.15) is 0 Å². The molecule has 0 amide bonds. The van der Waals surface area contributed by atoms with Crippen molar-refractivity contribution in [3.63, 3.8) is 0 Å². The van der Waals surface area contributed by atoms with E-state index in [4.69, 9.17) is 0 Å². The summed E-state index contributed by atoms with van der Waals surface area (Å²) in [5.41, 5.74) is 6.70. The van der Waals surface area contributed by atoms with Crippen LogP contribution in [-0.4, -0.2) is 22.6 Å². The lowest BCUT2D eigenvalue weighted by atomic mass is 9.97. The fraction of sp³-hybridized carbons (Fsp3) is 0.391. The molecule has 2 aliphatic heterocycles. The van der Waals surface area contributed by atoms with Crippen molar-refractivity contribution in [2.24, 2.45) is 0 Å². The SMILES string of the molecule is Cc1ccc(CCn2c3c(c4cc(F)ccc42)C2CCC(C3)N2C)cc1. The quantitative estimate of drug-likeness (QED) is 0.645. The Morgan fingerprint density at radius 2 is 1.88 bits per heavy atom. The van der Waals surface area contributed by atoms with E-state index in [0.717, 1.165) is 24.8 Å². The smallest absolute Gasteiger partial charge is 0.123 e. The lowest BCUT2D eigenvalue weighted by Gasteiger charge is -2.32. The molecule has 3 heteroatoms. The first-order chi connectivity index (χ1) is 12.6. The predicted molar refractivity (Wildman–Crippen MR) is 104 cm³/mol. The van der Waals surface area contributed by atoms with Gasteiger partial charge in [-0.15, -0.1) is 0 Å². The molecule has 1 saturated heterocycles. The monoisotopic (exact) mass is 348 g/mol. The van der Waals surface area contributed by atoms with Gasteiger partial charge in [0.1, 0.15) is 5.82 Å². The maximum atomic E-state index is 14.0. The molecule has 0 N–H and O–H groups in total. The number of aryl methyl sites for hydroxylation is 3. The molecule has 134 valence electrons. The summed E-state index contributed by atoms with van der Waals surface area (Å²) in [6.07, 6.45) is 4.55. The molecule has 3 heterocycles. The van der Waals surface area contributed by atoms with Crippen LogP contribution >= 0.6 is 0 Å². The highest BCUT2D eigenvalue weighted by molar-refractivity contribution is 5.86. The van der Waals surface area contributed by atoms with Crippen molar-refractivity contribution in [2.75, 3.05) is 7.05 Å². The molecule has 2 nitrogen and oxygen atoms in total. The van der Waals surface area contributed by atoms with E-state index in [1.807, 2.05) is 6.07 Å². The molecule has 3 aromatic rings. The highest BCUT2D eigenvalue weighted by Crippen LogP contribution is 2.46. The van der Waals surface area contributed by atoms with E-state index in [-0.39, 0.29) is 5.82 Å². The van der Waals surface area contributed by atoms with Crippen LogP contribution in [0.15, 0.2) is 42.5 Å². The predicted octanol–water partition coefficient (Wildman–Crippen LogP) is 5.02. The highest BCUT2D eigenvalue weighted by Gasteiger charge is 2.40. The molecule has 2 aliphatic rings. The van der Waals surface area contributed by atoms with E-state index in [9.17, 15) is 4.39 Å². The minimum atomic E-state index is -0.126. The third-order valence-corrected chi connectivity index (χ3v) is 6.52. The molecule has 1 aromatic heterocycles. The van der Waals surface area contributed by atoms with E-state index < -0.39 is 0 Å². The van der Waals surface area contributed by atoms with Gasteiger partial charge in [0.05, 0.1) is 0 Å². The molecule has 2 bridgehead atoms. The number of rotatable bonds is 3. The van der Waals surface area contributed by atoms with E-state index in [0.29, 0.717) is 12.1 Å². The van der Waals surface area contributed by atoms with Gasteiger partial charge in [-0.05, 0) is 62.6 Å². The highest BCUT2D eigenvalue weighted by atomic mass is 19.1. The molecular formula is C23H25FN2. The van der Waals surface area contributed by atoms with Gasteiger partial charge in [-0.1, -0.05) is 29.8 Å². The lowest BCUT2D eigenvalue weighted by molar-refractivity contribution is 0.222. The van der Waals surface area contributed by atoms with Crippen LogP contribution in [0.2, 0.25) is 0 Å². The third-order valence-electron chi connectivity index (χ3n) is 6.52.